The lowest BCUT2D eigenvalue weighted by Crippen LogP contribution is -1.93. The van der Waals surface area contributed by atoms with E-state index in [-0.39, 0.29) is 5.78 Å². The minimum absolute atomic E-state index is 0.0107. The molecule has 0 atom stereocenters. The molecule has 0 N–H and O–H groups in total. The number of carbonyl (C=O) groups is 1. The molecule has 0 heterocycles. The van der Waals surface area contributed by atoms with E-state index in [4.69, 9.17) is 4.74 Å². The second-order valence-electron chi connectivity index (χ2n) is 4.43. The van der Waals surface area contributed by atoms with E-state index in [1.165, 1.54) is 0 Å². The summed E-state index contributed by atoms with van der Waals surface area (Å²) in [7, 11) is 0. The Morgan fingerprint density at radius 3 is 2.33 bits per heavy atom. The highest BCUT2D eigenvalue weighted by Crippen LogP contribution is 2.16. The first kappa shape index (κ1) is 15.4. The first-order valence-corrected chi connectivity index (χ1v) is 8.04. The Balaban J connectivity index is 2.03. The number of ether oxygens (including phenoxy) is 1. The highest BCUT2D eigenvalue weighted by Gasteiger charge is 2.01. The van der Waals surface area contributed by atoms with Crippen LogP contribution in [-0.4, -0.2) is 18.6 Å². The Bertz CT molecular complexity index is 613. The summed E-state index contributed by atoms with van der Waals surface area (Å²) < 4.78 is 5.38. The van der Waals surface area contributed by atoms with Gasteiger partial charge in [0.1, 0.15) is 5.75 Å². The molecule has 0 unspecified atom stereocenters. The van der Waals surface area contributed by atoms with Crippen molar-refractivity contribution in [2.75, 3.05) is 12.9 Å². The minimum Gasteiger partial charge on any atom is -0.494 e. The van der Waals surface area contributed by atoms with Gasteiger partial charge in [0.05, 0.1) is 6.61 Å². The molecular weight excluding hydrogens is 280 g/mol. The molecule has 0 aliphatic heterocycles. The molecule has 0 saturated carbocycles. The van der Waals surface area contributed by atoms with Gasteiger partial charge >= 0.3 is 0 Å². The standard InChI is InChI=1S/C18H18O2S/c1-3-20-16-9-4-14(5-10-16)6-13-18(19)15-7-11-17(21-2)12-8-15/h4-13H,3H2,1-2H3/b13-6+. The predicted octanol–water partition coefficient (Wildman–Crippen LogP) is 4.70. The van der Waals surface area contributed by atoms with Gasteiger partial charge in [0.15, 0.2) is 5.78 Å². The highest BCUT2D eigenvalue weighted by molar-refractivity contribution is 7.98. The van der Waals surface area contributed by atoms with Gasteiger partial charge in [-0.15, -0.1) is 11.8 Å². The molecule has 0 radical (unpaired) electrons. The number of rotatable bonds is 6. The van der Waals surface area contributed by atoms with Crippen LogP contribution >= 0.6 is 11.8 Å². The molecule has 2 rings (SSSR count). The normalized spacial score (nSPS) is 10.8. The summed E-state index contributed by atoms with van der Waals surface area (Å²) in [5.41, 5.74) is 1.68. The van der Waals surface area contributed by atoms with Crippen molar-refractivity contribution in [3.05, 3.63) is 65.7 Å². The van der Waals surface area contributed by atoms with Crippen LogP contribution < -0.4 is 4.74 Å². The fraction of sp³-hybridized carbons (Fsp3) is 0.167. The molecule has 0 amide bonds. The van der Waals surface area contributed by atoms with Crippen molar-refractivity contribution >= 4 is 23.6 Å². The van der Waals surface area contributed by atoms with Crippen molar-refractivity contribution in [2.45, 2.75) is 11.8 Å². The summed E-state index contributed by atoms with van der Waals surface area (Å²) in [6.07, 6.45) is 5.44. The van der Waals surface area contributed by atoms with Crippen LogP contribution in [0.2, 0.25) is 0 Å². The maximum Gasteiger partial charge on any atom is 0.185 e. The smallest absolute Gasteiger partial charge is 0.185 e. The van der Waals surface area contributed by atoms with Gasteiger partial charge in [0.25, 0.3) is 0 Å². The highest BCUT2D eigenvalue weighted by atomic mass is 32.2. The lowest BCUT2D eigenvalue weighted by molar-refractivity contribution is 0.104. The van der Waals surface area contributed by atoms with Crippen LogP contribution in [0.3, 0.4) is 0 Å². The van der Waals surface area contributed by atoms with Crippen molar-refractivity contribution < 1.29 is 9.53 Å². The van der Waals surface area contributed by atoms with Gasteiger partial charge in [-0.1, -0.05) is 18.2 Å². The largest absolute Gasteiger partial charge is 0.494 e. The first-order chi connectivity index (χ1) is 10.2. The Labute approximate surface area is 129 Å². The van der Waals surface area contributed by atoms with Crippen molar-refractivity contribution in [3.8, 4) is 5.75 Å². The number of hydrogen-bond acceptors (Lipinski definition) is 3. The van der Waals surface area contributed by atoms with E-state index in [1.807, 2.05) is 67.8 Å². The number of hydrogen-bond donors (Lipinski definition) is 0. The van der Waals surface area contributed by atoms with Crippen LogP contribution in [-0.2, 0) is 0 Å². The Morgan fingerprint density at radius 2 is 1.76 bits per heavy atom. The van der Waals surface area contributed by atoms with E-state index >= 15 is 0 Å². The molecule has 0 aliphatic carbocycles. The molecule has 0 aromatic heterocycles. The third-order valence-electron chi connectivity index (χ3n) is 2.99. The average Bonchev–Trinajstić information content (AvgIpc) is 2.54. The number of benzene rings is 2. The summed E-state index contributed by atoms with van der Waals surface area (Å²) in [5, 5.41) is 0. The van der Waals surface area contributed by atoms with Crippen molar-refractivity contribution in [2.24, 2.45) is 0 Å². The van der Waals surface area contributed by atoms with Crippen LogP contribution in [0, 0.1) is 0 Å². The molecule has 0 spiro atoms. The van der Waals surface area contributed by atoms with Crippen molar-refractivity contribution in [1.29, 1.82) is 0 Å². The van der Waals surface area contributed by atoms with Crippen molar-refractivity contribution in [3.63, 3.8) is 0 Å². The maximum absolute atomic E-state index is 12.1. The van der Waals surface area contributed by atoms with Crippen LogP contribution in [0.5, 0.6) is 5.75 Å². The Hall–Kier alpha value is -2.00. The number of thioether (sulfide) groups is 1. The summed E-state index contributed by atoms with van der Waals surface area (Å²) in [5.74, 6) is 0.852. The zero-order chi connectivity index (χ0) is 15.1. The second-order valence-corrected chi connectivity index (χ2v) is 5.31. The van der Waals surface area contributed by atoms with Gasteiger partial charge in [-0.25, -0.2) is 0 Å². The first-order valence-electron chi connectivity index (χ1n) is 6.82. The topological polar surface area (TPSA) is 26.3 Å². The van der Waals surface area contributed by atoms with Gasteiger partial charge in [0.2, 0.25) is 0 Å². The number of carbonyl (C=O) groups excluding carboxylic acids is 1. The maximum atomic E-state index is 12.1. The summed E-state index contributed by atoms with van der Waals surface area (Å²) in [6, 6.07) is 15.3. The lowest BCUT2D eigenvalue weighted by Gasteiger charge is -2.02. The molecule has 0 saturated heterocycles. The SMILES string of the molecule is CCOc1ccc(/C=C/C(=O)c2ccc(SC)cc2)cc1. The average molecular weight is 298 g/mol. The number of ketones is 1. The predicted molar refractivity (Wildman–Crippen MR) is 89.2 cm³/mol. The zero-order valence-corrected chi connectivity index (χ0v) is 13.0. The molecule has 0 aliphatic rings. The van der Waals surface area contributed by atoms with E-state index in [0.29, 0.717) is 12.2 Å². The van der Waals surface area contributed by atoms with E-state index in [0.717, 1.165) is 16.2 Å². The van der Waals surface area contributed by atoms with E-state index in [2.05, 4.69) is 0 Å². The quantitative estimate of drug-likeness (QED) is 0.439. The summed E-state index contributed by atoms with van der Waals surface area (Å²) >= 11 is 1.66. The minimum atomic E-state index is 0.0107. The molecule has 0 fully saturated rings. The zero-order valence-electron chi connectivity index (χ0n) is 12.2. The fourth-order valence-corrected chi connectivity index (χ4v) is 2.27. The number of allylic oxidation sites excluding steroid dienone is 1. The van der Waals surface area contributed by atoms with Gasteiger partial charge in [0, 0.05) is 10.5 Å². The Kier molecular flexibility index (Phi) is 5.64. The summed E-state index contributed by atoms with van der Waals surface area (Å²) in [4.78, 5) is 13.2. The lowest BCUT2D eigenvalue weighted by atomic mass is 10.1. The molecule has 108 valence electrons. The van der Waals surface area contributed by atoms with Crippen LogP contribution in [0.4, 0.5) is 0 Å². The van der Waals surface area contributed by atoms with E-state index in [9.17, 15) is 4.79 Å². The molecule has 2 aromatic rings. The molecule has 0 bridgehead atoms. The summed E-state index contributed by atoms with van der Waals surface area (Å²) in [6.45, 7) is 2.61. The molecular formula is C18H18O2S. The third kappa shape index (κ3) is 4.50. The van der Waals surface area contributed by atoms with Gasteiger partial charge < -0.3 is 4.74 Å². The molecule has 2 nitrogen and oxygen atoms in total. The van der Waals surface area contributed by atoms with E-state index < -0.39 is 0 Å². The molecule has 3 heteroatoms. The monoisotopic (exact) mass is 298 g/mol. The Morgan fingerprint density at radius 1 is 1.10 bits per heavy atom. The van der Waals surface area contributed by atoms with Gasteiger partial charge in [-0.2, -0.15) is 0 Å². The van der Waals surface area contributed by atoms with Crippen LogP contribution in [0.15, 0.2) is 59.5 Å². The van der Waals surface area contributed by atoms with E-state index in [1.54, 1.807) is 17.8 Å². The van der Waals surface area contributed by atoms with Crippen LogP contribution in [0.25, 0.3) is 6.08 Å². The molecule has 2 aromatic carbocycles. The third-order valence-corrected chi connectivity index (χ3v) is 3.74. The van der Waals surface area contributed by atoms with Crippen LogP contribution in [0.1, 0.15) is 22.8 Å². The molecule has 21 heavy (non-hydrogen) atoms. The van der Waals surface area contributed by atoms with Crippen molar-refractivity contribution in [1.82, 2.24) is 0 Å². The fourth-order valence-electron chi connectivity index (χ4n) is 1.87. The second kappa shape index (κ2) is 7.70. The van der Waals surface area contributed by atoms with Gasteiger partial charge in [-0.3, -0.25) is 4.79 Å². The van der Waals surface area contributed by atoms with Gasteiger partial charge in [-0.05, 0) is 61.2 Å².